The Hall–Kier alpha value is -2.70. The number of rotatable bonds is 5. The lowest BCUT2D eigenvalue weighted by Gasteiger charge is -2.42. The van der Waals surface area contributed by atoms with Gasteiger partial charge in [-0.3, -0.25) is 19.3 Å². The minimum Gasteiger partial charge on any atom is -0.467 e. The van der Waals surface area contributed by atoms with Crippen LogP contribution in [-0.4, -0.2) is 41.8 Å². The lowest BCUT2D eigenvalue weighted by molar-refractivity contribution is -0.180. The molecule has 1 fully saturated rings. The van der Waals surface area contributed by atoms with E-state index < -0.39 is 35.7 Å². The Morgan fingerprint density at radius 2 is 1.83 bits per heavy atom. The molecule has 0 N–H and O–H groups in total. The fraction of sp³-hybridized carbons (Fsp3) is 0.375. The van der Waals surface area contributed by atoms with Crippen molar-refractivity contribution < 1.29 is 28.7 Å². The number of carbonyl (C=O) groups excluding carboxylic acids is 4. The van der Waals surface area contributed by atoms with E-state index in [1.165, 1.54) is 6.92 Å². The quantitative estimate of drug-likeness (QED) is 0.585. The van der Waals surface area contributed by atoms with E-state index in [9.17, 15) is 19.2 Å². The van der Waals surface area contributed by atoms with Crippen molar-refractivity contribution in [2.24, 2.45) is 5.92 Å². The van der Waals surface area contributed by atoms with Gasteiger partial charge in [0, 0.05) is 6.92 Å². The van der Waals surface area contributed by atoms with E-state index in [0.717, 1.165) is 17.6 Å². The molecule has 7 nitrogen and oxygen atoms in total. The minimum absolute atomic E-state index is 0.0832. The first-order chi connectivity index (χ1) is 11.0. The highest BCUT2D eigenvalue weighted by Crippen LogP contribution is 2.31. The molecular weight excluding hydrogens is 302 g/mol. The SMILES string of the molecule is COC(=O)[C@@H]1[C@H](CC(=O)OCc2ccccc2)C(=O)N1C(C)=O. The Labute approximate surface area is 133 Å². The Morgan fingerprint density at radius 3 is 2.39 bits per heavy atom. The fourth-order valence-corrected chi connectivity index (χ4v) is 2.47. The molecule has 1 heterocycles. The molecule has 122 valence electrons. The first-order valence-corrected chi connectivity index (χ1v) is 7.06. The molecule has 1 aromatic carbocycles. The zero-order chi connectivity index (χ0) is 17.0. The Kier molecular flexibility index (Phi) is 5.10. The minimum atomic E-state index is -1.06. The van der Waals surface area contributed by atoms with Crippen LogP contribution in [0.4, 0.5) is 0 Å². The maximum atomic E-state index is 11.9. The molecule has 0 unspecified atom stereocenters. The number of hydrogen-bond donors (Lipinski definition) is 0. The van der Waals surface area contributed by atoms with Crippen molar-refractivity contribution in [2.45, 2.75) is 26.0 Å². The molecule has 2 amide bonds. The molecule has 7 heteroatoms. The number of carbonyl (C=O) groups is 4. The summed E-state index contributed by atoms with van der Waals surface area (Å²) in [5.41, 5.74) is 0.815. The topological polar surface area (TPSA) is 90.0 Å². The average Bonchev–Trinajstić information content (AvgIpc) is 2.55. The Morgan fingerprint density at radius 1 is 1.17 bits per heavy atom. The second-order valence-electron chi connectivity index (χ2n) is 5.15. The Bertz CT molecular complexity index is 627. The zero-order valence-electron chi connectivity index (χ0n) is 12.9. The lowest BCUT2D eigenvalue weighted by atomic mass is 9.84. The van der Waals surface area contributed by atoms with E-state index in [0.29, 0.717) is 0 Å². The summed E-state index contributed by atoms with van der Waals surface area (Å²) < 4.78 is 9.68. The van der Waals surface area contributed by atoms with Gasteiger partial charge in [0.15, 0.2) is 0 Å². The highest BCUT2D eigenvalue weighted by atomic mass is 16.5. The maximum absolute atomic E-state index is 11.9. The molecule has 0 radical (unpaired) electrons. The van der Waals surface area contributed by atoms with Crippen LogP contribution < -0.4 is 0 Å². The van der Waals surface area contributed by atoms with Gasteiger partial charge in [-0.2, -0.15) is 0 Å². The van der Waals surface area contributed by atoms with Crippen LogP contribution in [0, 0.1) is 5.92 Å². The van der Waals surface area contributed by atoms with E-state index in [-0.39, 0.29) is 13.0 Å². The lowest BCUT2D eigenvalue weighted by Crippen LogP contribution is -2.66. The first kappa shape index (κ1) is 16.7. The van der Waals surface area contributed by atoms with Crippen molar-refractivity contribution in [3.05, 3.63) is 35.9 Å². The molecule has 1 aromatic rings. The number of methoxy groups -OCH3 is 1. The number of benzene rings is 1. The highest BCUT2D eigenvalue weighted by molar-refractivity contribution is 6.08. The largest absolute Gasteiger partial charge is 0.467 e. The van der Waals surface area contributed by atoms with Crippen LogP contribution in [0.25, 0.3) is 0 Å². The molecule has 23 heavy (non-hydrogen) atoms. The Balaban J connectivity index is 1.95. The van der Waals surface area contributed by atoms with E-state index in [1.54, 1.807) is 12.1 Å². The summed E-state index contributed by atoms with van der Waals surface area (Å²) in [7, 11) is 1.16. The van der Waals surface area contributed by atoms with Gasteiger partial charge in [0.05, 0.1) is 19.4 Å². The number of hydrogen-bond acceptors (Lipinski definition) is 6. The van der Waals surface area contributed by atoms with E-state index in [4.69, 9.17) is 4.74 Å². The highest BCUT2D eigenvalue weighted by Gasteiger charge is 2.55. The number of nitrogens with zero attached hydrogens (tertiary/aromatic N) is 1. The smallest absolute Gasteiger partial charge is 0.329 e. The van der Waals surface area contributed by atoms with Crippen molar-refractivity contribution >= 4 is 23.8 Å². The van der Waals surface area contributed by atoms with Crippen LogP contribution >= 0.6 is 0 Å². The second kappa shape index (κ2) is 7.04. The number of ether oxygens (including phenoxy) is 2. The van der Waals surface area contributed by atoms with Gasteiger partial charge in [0.1, 0.15) is 12.6 Å². The van der Waals surface area contributed by atoms with Gasteiger partial charge in [-0.15, -0.1) is 0 Å². The third-order valence-electron chi connectivity index (χ3n) is 3.63. The van der Waals surface area contributed by atoms with Crippen LogP contribution in [0.2, 0.25) is 0 Å². The van der Waals surface area contributed by atoms with Crippen LogP contribution in [0.1, 0.15) is 18.9 Å². The van der Waals surface area contributed by atoms with Gasteiger partial charge in [0.2, 0.25) is 11.8 Å². The molecule has 0 bridgehead atoms. The molecule has 2 atom stereocenters. The number of esters is 2. The molecule has 0 aromatic heterocycles. The number of imide groups is 1. The van der Waals surface area contributed by atoms with Gasteiger partial charge in [-0.05, 0) is 5.56 Å². The predicted octanol–water partition coefficient (Wildman–Crippen LogP) is 0.666. The van der Waals surface area contributed by atoms with Gasteiger partial charge < -0.3 is 9.47 Å². The van der Waals surface area contributed by atoms with Gasteiger partial charge in [-0.1, -0.05) is 30.3 Å². The molecule has 1 aliphatic rings. The maximum Gasteiger partial charge on any atom is 0.329 e. The van der Waals surface area contributed by atoms with E-state index in [1.807, 2.05) is 18.2 Å². The summed E-state index contributed by atoms with van der Waals surface area (Å²) in [6.07, 6.45) is -0.269. The van der Waals surface area contributed by atoms with Crippen molar-refractivity contribution in [1.29, 1.82) is 0 Å². The third kappa shape index (κ3) is 3.56. The van der Waals surface area contributed by atoms with Crippen molar-refractivity contribution in [3.8, 4) is 0 Å². The number of amides is 2. The summed E-state index contributed by atoms with van der Waals surface area (Å²) in [6, 6.07) is 8.02. The van der Waals surface area contributed by atoms with Crippen LogP contribution in [-0.2, 0) is 35.3 Å². The molecular formula is C16H17NO6. The fourth-order valence-electron chi connectivity index (χ4n) is 2.47. The summed E-state index contributed by atoms with van der Waals surface area (Å²) in [5, 5.41) is 0. The van der Waals surface area contributed by atoms with Gasteiger partial charge >= 0.3 is 11.9 Å². The summed E-state index contributed by atoms with van der Waals surface area (Å²) in [5.74, 6) is -3.37. The monoisotopic (exact) mass is 319 g/mol. The first-order valence-electron chi connectivity index (χ1n) is 7.06. The van der Waals surface area contributed by atoms with Crippen LogP contribution in [0.15, 0.2) is 30.3 Å². The third-order valence-corrected chi connectivity index (χ3v) is 3.63. The predicted molar refractivity (Wildman–Crippen MR) is 77.7 cm³/mol. The summed E-state index contributed by atoms with van der Waals surface area (Å²) in [6.45, 7) is 1.26. The van der Waals surface area contributed by atoms with Gasteiger partial charge in [0.25, 0.3) is 0 Å². The molecule has 1 aliphatic heterocycles. The summed E-state index contributed by atoms with van der Waals surface area (Å²) >= 11 is 0. The normalized spacial score (nSPS) is 19.7. The number of β-lactam (4-membered cyclic amide) rings is 1. The molecule has 0 saturated carbocycles. The zero-order valence-corrected chi connectivity index (χ0v) is 12.9. The average molecular weight is 319 g/mol. The molecule has 2 rings (SSSR count). The number of likely N-dealkylation sites (tertiary alicyclic amines) is 1. The van der Waals surface area contributed by atoms with Crippen molar-refractivity contribution in [2.75, 3.05) is 7.11 Å². The van der Waals surface area contributed by atoms with E-state index in [2.05, 4.69) is 4.74 Å². The van der Waals surface area contributed by atoms with Gasteiger partial charge in [-0.25, -0.2) is 4.79 Å². The van der Waals surface area contributed by atoms with Crippen molar-refractivity contribution in [1.82, 2.24) is 4.90 Å². The molecule has 0 aliphatic carbocycles. The van der Waals surface area contributed by atoms with E-state index >= 15 is 0 Å². The van der Waals surface area contributed by atoms with Crippen LogP contribution in [0.3, 0.4) is 0 Å². The molecule has 1 saturated heterocycles. The van der Waals surface area contributed by atoms with Crippen LogP contribution in [0.5, 0.6) is 0 Å². The second-order valence-corrected chi connectivity index (χ2v) is 5.15. The molecule has 0 spiro atoms. The van der Waals surface area contributed by atoms with Crippen molar-refractivity contribution in [3.63, 3.8) is 0 Å². The summed E-state index contributed by atoms with van der Waals surface area (Å²) in [4.78, 5) is 47.7. The standard InChI is InChI=1S/C16H17NO6/c1-10(18)17-14(16(21)22-2)12(15(17)20)8-13(19)23-9-11-6-4-3-5-7-11/h3-7,12,14H,8-9H2,1-2H3/t12-,14-/m0/s1.